The Morgan fingerprint density at radius 3 is 2.93 bits per heavy atom. The average Bonchev–Trinajstić information content (AvgIpc) is 2.64. The van der Waals surface area contributed by atoms with Gasteiger partial charge in [0.1, 0.15) is 0 Å². The molecule has 0 spiro atoms. The van der Waals surface area contributed by atoms with Gasteiger partial charge in [-0.15, -0.1) is 0 Å². The molecule has 2 aromatic heterocycles. The van der Waals surface area contributed by atoms with Gasteiger partial charge in [0, 0.05) is 10.9 Å². The highest BCUT2D eigenvalue weighted by molar-refractivity contribution is 6.07. The lowest BCUT2D eigenvalue weighted by Crippen LogP contribution is -2.08. The molecule has 0 aliphatic carbocycles. The fraction of sp³-hybridized carbons (Fsp3) is 0.0909. The zero-order chi connectivity index (χ0) is 10.4. The molecule has 74 valence electrons. The Bertz CT molecular complexity index is 708. The predicted octanol–water partition coefficient (Wildman–Crippen LogP) is 1.71. The number of hydrogen-bond acceptors (Lipinski definition) is 2. The van der Waals surface area contributed by atoms with E-state index in [2.05, 4.69) is 15.2 Å². The smallest absolute Gasteiger partial charge is 0.274 e. The Morgan fingerprint density at radius 1 is 1.27 bits per heavy atom. The van der Waals surface area contributed by atoms with Gasteiger partial charge in [-0.1, -0.05) is 18.2 Å². The van der Waals surface area contributed by atoms with Crippen LogP contribution in [0.25, 0.3) is 21.8 Å². The molecule has 0 fully saturated rings. The molecule has 1 aromatic carbocycles. The molecule has 3 rings (SSSR count). The zero-order valence-corrected chi connectivity index (χ0v) is 8.16. The molecular formula is C11H9N3O. The molecule has 0 aliphatic rings. The van der Waals surface area contributed by atoms with E-state index in [-0.39, 0.29) is 5.56 Å². The first-order valence-electron chi connectivity index (χ1n) is 4.73. The molecular weight excluding hydrogens is 190 g/mol. The molecule has 0 bridgehead atoms. The van der Waals surface area contributed by atoms with Crippen LogP contribution in [-0.2, 0) is 0 Å². The minimum Gasteiger partial charge on any atom is -0.353 e. The lowest BCUT2D eigenvalue weighted by Gasteiger charge is -1.92. The number of H-pyrrole nitrogens is 2. The van der Waals surface area contributed by atoms with Crippen LogP contribution in [0, 0.1) is 6.92 Å². The molecule has 0 radical (unpaired) electrons. The monoisotopic (exact) mass is 199 g/mol. The second kappa shape index (κ2) is 2.70. The van der Waals surface area contributed by atoms with Crippen molar-refractivity contribution in [3.8, 4) is 0 Å². The van der Waals surface area contributed by atoms with Gasteiger partial charge < -0.3 is 4.98 Å². The molecule has 0 unspecified atom stereocenters. The second-order valence-corrected chi connectivity index (χ2v) is 3.56. The fourth-order valence-corrected chi connectivity index (χ4v) is 1.90. The van der Waals surface area contributed by atoms with Gasteiger partial charge in [-0.05, 0) is 13.0 Å². The van der Waals surface area contributed by atoms with Crippen molar-refractivity contribution in [3.05, 3.63) is 40.3 Å². The Balaban J connectivity index is 2.72. The number of nitrogens with zero attached hydrogens (tertiary/aromatic N) is 1. The third kappa shape index (κ3) is 1.01. The van der Waals surface area contributed by atoms with Crippen LogP contribution in [0.4, 0.5) is 0 Å². The molecule has 2 heterocycles. The van der Waals surface area contributed by atoms with Gasteiger partial charge in [0.2, 0.25) is 0 Å². The maximum Gasteiger partial charge on any atom is 0.274 e. The number of fused-ring (bicyclic) bond motifs is 3. The van der Waals surface area contributed by atoms with Crippen molar-refractivity contribution in [1.82, 2.24) is 15.2 Å². The highest BCUT2D eigenvalue weighted by Crippen LogP contribution is 2.22. The number of aromatic nitrogens is 3. The number of aromatic amines is 2. The number of para-hydroxylation sites is 1. The summed E-state index contributed by atoms with van der Waals surface area (Å²) >= 11 is 0. The standard InChI is InChI=1S/C11H9N3O/c1-6-10-9(11(15)14-13-6)7-4-2-3-5-8(7)12-10/h2-5,12H,1H3,(H,14,15). The molecule has 4 heteroatoms. The highest BCUT2D eigenvalue weighted by atomic mass is 16.1. The summed E-state index contributed by atoms with van der Waals surface area (Å²) in [6.45, 7) is 1.87. The number of aryl methyl sites for hydroxylation is 1. The molecule has 4 nitrogen and oxygen atoms in total. The van der Waals surface area contributed by atoms with Gasteiger partial charge in [-0.3, -0.25) is 4.79 Å². The number of hydrogen-bond donors (Lipinski definition) is 2. The summed E-state index contributed by atoms with van der Waals surface area (Å²) in [5.41, 5.74) is 2.45. The quantitative estimate of drug-likeness (QED) is 0.579. The van der Waals surface area contributed by atoms with Gasteiger partial charge in [-0.25, -0.2) is 5.10 Å². The summed E-state index contributed by atoms with van der Waals surface area (Å²) in [6, 6.07) is 7.75. The van der Waals surface area contributed by atoms with Crippen molar-refractivity contribution in [3.63, 3.8) is 0 Å². The van der Waals surface area contributed by atoms with E-state index in [0.29, 0.717) is 5.39 Å². The Kier molecular flexibility index (Phi) is 1.48. The van der Waals surface area contributed by atoms with Crippen molar-refractivity contribution < 1.29 is 0 Å². The van der Waals surface area contributed by atoms with Crippen LogP contribution in [0.1, 0.15) is 5.69 Å². The van der Waals surface area contributed by atoms with E-state index in [1.807, 2.05) is 31.2 Å². The number of benzene rings is 1. The van der Waals surface area contributed by atoms with Gasteiger partial charge in [-0.2, -0.15) is 5.10 Å². The molecule has 0 atom stereocenters. The van der Waals surface area contributed by atoms with Crippen molar-refractivity contribution in [1.29, 1.82) is 0 Å². The summed E-state index contributed by atoms with van der Waals surface area (Å²) in [4.78, 5) is 14.9. The third-order valence-electron chi connectivity index (χ3n) is 2.62. The maximum absolute atomic E-state index is 11.7. The molecule has 0 aliphatic heterocycles. The molecule has 0 amide bonds. The minimum absolute atomic E-state index is 0.145. The van der Waals surface area contributed by atoms with Crippen molar-refractivity contribution in [2.45, 2.75) is 6.92 Å². The van der Waals surface area contributed by atoms with Gasteiger partial charge in [0.25, 0.3) is 5.56 Å². The van der Waals surface area contributed by atoms with E-state index >= 15 is 0 Å². The van der Waals surface area contributed by atoms with Crippen LogP contribution in [0.2, 0.25) is 0 Å². The highest BCUT2D eigenvalue weighted by Gasteiger charge is 2.09. The largest absolute Gasteiger partial charge is 0.353 e. The predicted molar refractivity (Wildman–Crippen MR) is 59.0 cm³/mol. The van der Waals surface area contributed by atoms with E-state index in [1.165, 1.54) is 0 Å². The van der Waals surface area contributed by atoms with E-state index in [4.69, 9.17) is 0 Å². The van der Waals surface area contributed by atoms with Gasteiger partial charge >= 0.3 is 0 Å². The van der Waals surface area contributed by atoms with E-state index in [1.54, 1.807) is 0 Å². The summed E-state index contributed by atoms with van der Waals surface area (Å²) in [7, 11) is 0. The SMILES string of the molecule is Cc1n[nH]c(=O)c2c1[nH]c1ccccc12. The lowest BCUT2D eigenvalue weighted by atomic mass is 10.2. The van der Waals surface area contributed by atoms with E-state index < -0.39 is 0 Å². The van der Waals surface area contributed by atoms with Gasteiger partial charge in [0.05, 0.1) is 16.6 Å². The van der Waals surface area contributed by atoms with Crippen molar-refractivity contribution >= 4 is 21.8 Å². The van der Waals surface area contributed by atoms with E-state index in [9.17, 15) is 4.79 Å². The van der Waals surface area contributed by atoms with Crippen LogP contribution in [0.5, 0.6) is 0 Å². The van der Waals surface area contributed by atoms with E-state index in [0.717, 1.165) is 22.1 Å². The van der Waals surface area contributed by atoms with Crippen molar-refractivity contribution in [2.24, 2.45) is 0 Å². The van der Waals surface area contributed by atoms with Crippen LogP contribution in [0.3, 0.4) is 0 Å². The fourth-order valence-electron chi connectivity index (χ4n) is 1.90. The van der Waals surface area contributed by atoms with Crippen LogP contribution in [0.15, 0.2) is 29.1 Å². The molecule has 3 aromatic rings. The minimum atomic E-state index is -0.145. The first kappa shape index (κ1) is 8.23. The molecule has 0 saturated heterocycles. The Labute approximate surface area is 84.9 Å². The topological polar surface area (TPSA) is 61.5 Å². The Morgan fingerprint density at radius 2 is 2.07 bits per heavy atom. The zero-order valence-electron chi connectivity index (χ0n) is 8.16. The Hall–Kier alpha value is -2.10. The van der Waals surface area contributed by atoms with Gasteiger partial charge in [0.15, 0.2) is 0 Å². The summed E-state index contributed by atoms with van der Waals surface area (Å²) in [5.74, 6) is 0. The summed E-state index contributed by atoms with van der Waals surface area (Å²) < 4.78 is 0. The van der Waals surface area contributed by atoms with Crippen LogP contribution < -0.4 is 5.56 Å². The van der Waals surface area contributed by atoms with Crippen LogP contribution in [-0.4, -0.2) is 15.2 Å². The summed E-state index contributed by atoms with van der Waals surface area (Å²) in [6.07, 6.45) is 0. The molecule has 15 heavy (non-hydrogen) atoms. The average molecular weight is 199 g/mol. The van der Waals surface area contributed by atoms with Crippen LogP contribution >= 0.6 is 0 Å². The second-order valence-electron chi connectivity index (χ2n) is 3.56. The normalized spacial score (nSPS) is 11.3. The molecule has 0 saturated carbocycles. The number of nitrogens with one attached hydrogen (secondary N) is 2. The lowest BCUT2D eigenvalue weighted by molar-refractivity contribution is 0.968. The first-order valence-corrected chi connectivity index (χ1v) is 4.73. The third-order valence-corrected chi connectivity index (χ3v) is 2.62. The number of rotatable bonds is 0. The van der Waals surface area contributed by atoms with Crippen molar-refractivity contribution in [2.75, 3.05) is 0 Å². The maximum atomic E-state index is 11.7. The summed E-state index contributed by atoms with van der Waals surface area (Å²) in [5, 5.41) is 8.07. The molecule has 2 N–H and O–H groups in total. The first-order chi connectivity index (χ1) is 7.27.